The predicted octanol–water partition coefficient (Wildman–Crippen LogP) is 5.64. The van der Waals surface area contributed by atoms with Crippen molar-refractivity contribution < 1.29 is 9.53 Å². The van der Waals surface area contributed by atoms with Crippen molar-refractivity contribution in [3.05, 3.63) is 84.4 Å². The summed E-state index contributed by atoms with van der Waals surface area (Å²) in [6, 6.07) is 25.6. The molecule has 0 saturated heterocycles. The fourth-order valence-corrected chi connectivity index (χ4v) is 3.28. The molecule has 4 rings (SSSR count). The zero-order valence-corrected chi connectivity index (χ0v) is 14.5. The van der Waals surface area contributed by atoms with Crippen LogP contribution in [0.1, 0.15) is 17.3 Å². The molecule has 4 aromatic rings. The highest BCUT2D eigenvalue weighted by Crippen LogP contribution is 2.30. The molecule has 1 amide bonds. The van der Waals surface area contributed by atoms with E-state index in [-0.39, 0.29) is 5.91 Å². The number of anilines is 1. The maximum Gasteiger partial charge on any atom is 0.260 e. The molecule has 0 bridgehead atoms. The summed E-state index contributed by atoms with van der Waals surface area (Å²) >= 11 is 0. The monoisotopic (exact) mass is 341 g/mol. The van der Waals surface area contributed by atoms with Crippen molar-refractivity contribution in [3.63, 3.8) is 0 Å². The SMILES string of the molecule is CCOc1ccc2ccccc2c1C(=O)Nc1cccc2ccccc12. The first-order valence-corrected chi connectivity index (χ1v) is 8.71. The minimum atomic E-state index is -0.165. The number of benzene rings is 4. The molecule has 0 saturated carbocycles. The second kappa shape index (κ2) is 6.89. The average Bonchev–Trinajstić information content (AvgIpc) is 2.68. The minimum absolute atomic E-state index is 0.165. The van der Waals surface area contributed by atoms with Crippen LogP contribution in [-0.4, -0.2) is 12.5 Å². The lowest BCUT2D eigenvalue weighted by molar-refractivity contribution is 0.102. The van der Waals surface area contributed by atoms with Gasteiger partial charge in [0.2, 0.25) is 0 Å². The Labute approximate surface area is 152 Å². The number of carbonyl (C=O) groups is 1. The maximum atomic E-state index is 13.2. The van der Waals surface area contributed by atoms with Gasteiger partial charge in [0.1, 0.15) is 5.75 Å². The molecule has 0 aliphatic heterocycles. The van der Waals surface area contributed by atoms with E-state index in [0.29, 0.717) is 17.9 Å². The van der Waals surface area contributed by atoms with Crippen molar-refractivity contribution in [1.82, 2.24) is 0 Å². The first-order chi connectivity index (χ1) is 12.8. The third-order valence-corrected chi connectivity index (χ3v) is 4.46. The van der Waals surface area contributed by atoms with E-state index in [4.69, 9.17) is 4.74 Å². The van der Waals surface area contributed by atoms with Gasteiger partial charge in [-0.15, -0.1) is 0 Å². The van der Waals surface area contributed by atoms with Crippen LogP contribution in [0.3, 0.4) is 0 Å². The van der Waals surface area contributed by atoms with Gasteiger partial charge in [0.05, 0.1) is 12.2 Å². The van der Waals surface area contributed by atoms with Gasteiger partial charge in [-0.3, -0.25) is 4.79 Å². The van der Waals surface area contributed by atoms with Crippen LogP contribution in [0.15, 0.2) is 78.9 Å². The molecular formula is C23H19NO2. The van der Waals surface area contributed by atoms with Gasteiger partial charge in [0.25, 0.3) is 5.91 Å². The number of fused-ring (bicyclic) bond motifs is 2. The molecule has 128 valence electrons. The Kier molecular flexibility index (Phi) is 4.28. The average molecular weight is 341 g/mol. The fraction of sp³-hybridized carbons (Fsp3) is 0.0870. The Balaban J connectivity index is 1.82. The third kappa shape index (κ3) is 2.88. The summed E-state index contributed by atoms with van der Waals surface area (Å²) in [5.41, 5.74) is 1.36. The van der Waals surface area contributed by atoms with Gasteiger partial charge in [-0.25, -0.2) is 0 Å². The highest BCUT2D eigenvalue weighted by atomic mass is 16.5. The molecule has 3 nitrogen and oxygen atoms in total. The van der Waals surface area contributed by atoms with Crippen LogP contribution in [0.5, 0.6) is 5.75 Å². The molecule has 3 heteroatoms. The van der Waals surface area contributed by atoms with Crippen LogP contribution in [0.25, 0.3) is 21.5 Å². The molecule has 0 radical (unpaired) electrons. The summed E-state index contributed by atoms with van der Waals surface area (Å²) in [7, 11) is 0. The molecule has 26 heavy (non-hydrogen) atoms. The normalized spacial score (nSPS) is 10.8. The summed E-state index contributed by atoms with van der Waals surface area (Å²) in [6.45, 7) is 2.43. The van der Waals surface area contributed by atoms with Gasteiger partial charge in [-0.05, 0) is 35.2 Å². The van der Waals surface area contributed by atoms with Crippen LogP contribution < -0.4 is 10.1 Å². The molecule has 0 unspecified atom stereocenters. The summed E-state index contributed by atoms with van der Waals surface area (Å²) in [4.78, 5) is 13.2. The Morgan fingerprint density at radius 2 is 1.46 bits per heavy atom. The lowest BCUT2D eigenvalue weighted by Crippen LogP contribution is -2.14. The Morgan fingerprint density at radius 1 is 0.808 bits per heavy atom. The maximum absolute atomic E-state index is 13.2. The van der Waals surface area contributed by atoms with Gasteiger partial charge in [0, 0.05) is 11.1 Å². The first-order valence-electron chi connectivity index (χ1n) is 8.71. The number of hydrogen-bond acceptors (Lipinski definition) is 2. The summed E-state index contributed by atoms with van der Waals surface area (Å²) in [5.74, 6) is 0.436. The predicted molar refractivity (Wildman–Crippen MR) is 107 cm³/mol. The lowest BCUT2D eigenvalue weighted by Gasteiger charge is -2.14. The second-order valence-corrected chi connectivity index (χ2v) is 6.07. The zero-order valence-electron chi connectivity index (χ0n) is 14.5. The van der Waals surface area contributed by atoms with Gasteiger partial charge in [-0.2, -0.15) is 0 Å². The fourth-order valence-electron chi connectivity index (χ4n) is 3.28. The summed E-state index contributed by atoms with van der Waals surface area (Å²) < 4.78 is 5.73. The van der Waals surface area contributed by atoms with E-state index in [9.17, 15) is 4.79 Å². The van der Waals surface area contributed by atoms with Gasteiger partial charge >= 0.3 is 0 Å². The zero-order chi connectivity index (χ0) is 17.9. The number of rotatable bonds is 4. The van der Waals surface area contributed by atoms with E-state index in [0.717, 1.165) is 27.2 Å². The molecular weight excluding hydrogens is 322 g/mol. The van der Waals surface area contributed by atoms with Crippen LogP contribution >= 0.6 is 0 Å². The lowest BCUT2D eigenvalue weighted by atomic mass is 10.0. The van der Waals surface area contributed by atoms with E-state index in [2.05, 4.69) is 5.32 Å². The van der Waals surface area contributed by atoms with Crippen molar-refractivity contribution in [2.45, 2.75) is 6.92 Å². The van der Waals surface area contributed by atoms with E-state index in [1.807, 2.05) is 85.8 Å². The van der Waals surface area contributed by atoms with Crippen molar-refractivity contribution >= 4 is 33.1 Å². The van der Waals surface area contributed by atoms with Gasteiger partial charge in [0.15, 0.2) is 0 Å². The number of hydrogen-bond donors (Lipinski definition) is 1. The molecule has 0 atom stereocenters. The Hall–Kier alpha value is -3.33. The smallest absolute Gasteiger partial charge is 0.260 e. The number of amides is 1. The van der Waals surface area contributed by atoms with Crippen LogP contribution in [0.4, 0.5) is 5.69 Å². The molecule has 0 aliphatic rings. The summed E-state index contributed by atoms with van der Waals surface area (Å²) in [5, 5.41) is 7.08. The molecule has 0 fully saturated rings. The Bertz CT molecular complexity index is 1100. The standard InChI is InChI=1S/C23H19NO2/c1-2-26-21-15-14-17-9-4-6-12-19(17)22(21)23(25)24-20-13-7-10-16-8-3-5-11-18(16)20/h3-15H,2H2,1H3,(H,24,25). The van der Waals surface area contributed by atoms with E-state index < -0.39 is 0 Å². The van der Waals surface area contributed by atoms with Crippen molar-refractivity contribution in [3.8, 4) is 5.75 Å². The van der Waals surface area contributed by atoms with Crippen molar-refractivity contribution in [2.24, 2.45) is 0 Å². The first kappa shape index (κ1) is 16.2. The topological polar surface area (TPSA) is 38.3 Å². The largest absolute Gasteiger partial charge is 0.493 e. The highest BCUT2D eigenvalue weighted by molar-refractivity contribution is 6.17. The highest BCUT2D eigenvalue weighted by Gasteiger charge is 2.17. The van der Waals surface area contributed by atoms with Crippen molar-refractivity contribution in [2.75, 3.05) is 11.9 Å². The number of ether oxygens (including phenoxy) is 1. The van der Waals surface area contributed by atoms with Crippen LogP contribution in [-0.2, 0) is 0 Å². The molecule has 1 N–H and O–H groups in total. The number of carbonyl (C=O) groups excluding carboxylic acids is 1. The molecule has 0 aliphatic carbocycles. The van der Waals surface area contributed by atoms with Gasteiger partial charge < -0.3 is 10.1 Å². The van der Waals surface area contributed by atoms with E-state index >= 15 is 0 Å². The third-order valence-electron chi connectivity index (χ3n) is 4.46. The van der Waals surface area contributed by atoms with E-state index in [1.165, 1.54) is 0 Å². The second-order valence-electron chi connectivity index (χ2n) is 6.07. The molecule has 4 aromatic carbocycles. The van der Waals surface area contributed by atoms with Crippen LogP contribution in [0, 0.1) is 0 Å². The summed E-state index contributed by atoms with van der Waals surface area (Å²) in [6.07, 6.45) is 0. The molecule has 0 spiro atoms. The number of nitrogens with one attached hydrogen (secondary N) is 1. The van der Waals surface area contributed by atoms with Gasteiger partial charge in [-0.1, -0.05) is 66.7 Å². The van der Waals surface area contributed by atoms with Crippen LogP contribution in [0.2, 0.25) is 0 Å². The van der Waals surface area contributed by atoms with E-state index in [1.54, 1.807) is 0 Å². The molecule has 0 aromatic heterocycles. The quantitative estimate of drug-likeness (QED) is 0.521. The Morgan fingerprint density at radius 3 is 2.23 bits per heavy atom. The minimum Gasteiger partial charge on any atom is -0.493 e. The molecule has 0 heterocycles. The van der Waals surface area contributed by atoms with Crippen molar-refractivity contribution in [1.29, 1.82) is 0 Å².